The van der Waals surface area contributed by atoms with Gasteiger partial charge in [-0.25, -0.2) is 8.42 Å². The van der Waals surface area contributed by atoms with E-state index >= 15 is 0 Å². The quantitative estimate of drug-likeness (QED) is 0.590. The van der Waals surface area contributed by atoms with E-state index in [-0.39, 0.29) is 10.6 Å². The summed E-state index contributed by atoms with van der Waals surface area (Å²) >= 11 is 0. The first-order valence-electron chi connectivity index (χ1n) is 8.62. The maximum atomic E-state index is 12.8. The number of para-hydroxylation sites is 2. The number of hydrogen-bond acceptors (Lipinski definition) is 6. The first-order valence-corrected chi connectivity index (χ1v) is 10.1. The molecule has 7 nitrogen and oxygen atoms in total. The normalized spacial score (nSPS) is 10.9. The third-order valence-corrected chi connectivity index (χ3v) is 5.47. The largest absolute Gasteiger partial charge is 0.497 e. The van der Waals surface area contributed by atoms with Crippen LogP contribution in [-0.2, 0) is 10.0 Å². The fourth-order valence-electron chi connectivity index (χ4n) is 2.63. The molecular formula is C21H21NO6S. The van der Waals surface area contributed by atoms with Crippen LogP contribution < -0.4 is 23.7 Å². The fraction of sp³-hybridized carbons (Fsp3) is 0.143. The first-order chi connectivity index (χ1) is 14.0. The summed E-state index contributed by atoms with van der Waals surface area (Å²) in [4.78, 5) is -0.0197. The Balaban J connectivity index is 1.80. The van der Waals surface area contributed by atoms with Gasteiger partial charge < -0.3 is 18.9 Å². The second-order valence-corrected chi connectivity index (χ2v) is 7.55. The van der Waals surface area contributed by atoms with Crippen molar-refractivity contribution < 1.29 is 27.4 Å². The monoisotopic (exact) mass is 415 g/mol. The summed E-state index contributed by atoms with van der Waals surface area (Å²) < 4.78 is 49.5. The first kappa shape index (κ1) is 20.3. The SMILES string of the molecule is COc1ccc(OC)c(S(=O)(=O)Nc2ccc(Oc3ccccc3OC)cc2)c1. The average Bonchev–Trinajstić information content (AvgIpc) is 2.74. The highest BCUT2D eigenvalue weighted by atomic mass is 32.2. The number of nitrogens with one attached hydrogen (secondary N) is 1. The Kier molecular flexibility index (Phi) is 6.13. The van der Waals surface area contributed by atoms with Gasteiger partial charge in [0.1, 0.15) is 22.1 Å². The molecule has 0 aliphatic rings. The Morgan fingerprint density at radius 1 is 0.690 bits per heavy atom. The molecule has 1 N–H and O–H groups in total. The van der Waals surface area contributed by atoms with Crippen molar-refractivity contribution in [3.8, 4) is 28.7 Å². The summed E-state index contributed by atoms with van der Waals surface area (Å²) in [6, 6.07) is 18.4. The minimum atomic E-state index is -3.89. The number of benzene rings is 3. The van der Waals surface area contributed by atoms with Gasteiger partial charge in [0.2, 0.25) is 0 Å². The van der Waals surface area contributed by atoms with Crippen molar-refractivity contribution in [3.05, 3.63) is 66.7 Å². The summed E-state index contributed by atoms with van der Waals surface area (Å²) in [6.07, 6.45) is 0. The molecular weight excluding hydrogens is 394 g/mol. The van der Waals surface area contributed by atoms with Crippen LogP contribution in [0.1, 0.15) is 0 Å². The van der Waals surface area contributed by atoms with E-state index in [0.29, 0.717) is 28.7 Å². The molecule has 3 aromatic rings. The van der Waals surface area contributed by atoms with Gasteiger partial charge in [-0.2, -0.15) is 0 Å². The van der Waals surface area contributed by atoms with E-state index in [0.717, 1.165) is 0 Å². The molecule has 0 amide bonds. The van der Waals surface area contributed by atoms with Crippen molar-refractivity contribution in [1.82, 2.24) is 0 Å². The van der Waals surface area contributed by atoms with E-state index in [1.165, 1.54) is 26.4 Å². The molecule has 0 bridgehead atoms. The predicted octanol–water partition coefficient (Wildman–Crippen LogP) is 4.31. The number of methoxy groups -OCH3 is 3. The number of sulfonamides is 1. The molecule has 8 heteroatoms. The van der Waals surface area contributed by atoms with Gasteiger partial charge in [0.05, 0.1) is 21.3 Å². The highest BCUT2D eigenvalue weighted by Gasteiger charge is 2.21. The number of ether oxygens (including phenoxy) is 4. The summed E-state index contributed by atoms with van der Waals surface area (Å²) in [5.41, 5.74) is 0.377. The van der Waals surface area contributed by atoms with Crippen molar-refractivity contribution in [3.63, 3.8) is 0 Å². The molecule has 3 aromatic carbocycles. The second kappa shape index (κ2) is 8.74. The molecule has 0 unspecified atom stereocenters. The van der Waals surface area contributed by atoms with E-state index in [1.54, 1.807) is 49.6 Å². The van der Waals surface area contributed by atoms with Crippen LogP contribution in [0.5, 0.6) is 28.7 Å². The third-order valence-electron chi connectivity index (χ3n) is 4.06. The van der Waals surface area contributed by atoms with Crippen LogP contribution in [0, 0.1) is 0 Å². The Bertz CT molecular complexity index is 1080. The molecule has 152 valence electrons. The van der Waals surface area contributed by atoms with Crippen LogP contribution in [0.4, 0.5) is 5.69 Å². The zero-order chi connectivity index (χ0) is 20.9. The minimum Gasteiger partial charge on any atom is -0.497 e. The molecule has 0 saturated carbocycles. The minimum absolute atomic E-state index is 0.0197. The van der Waals surface area contributed by atoms with Gasteiger partial charge in [-0.05, 0) is 48.5 Å². The molecule has 0 radical (unpaired) electrons. The van der Waals surface area contributed by atoms with Crippen LogP contribution in [0.15, 0.2) is 71.6 Å². The van der Waals surface area contributed by atoms with Gasteiger partial charge in [-0.3, -0.25) is 4.72 Å². The zero-order valence-electron chi connectivity index (χ0n) is 16.2. The number of hydrogen-bond donors (Lipinski definition) is 1. The Morgan fingerprint density at radius 3 is 1.93 bits per heavy atom. The van der Waals surface area contributed by atoms with Crippen LogP contribution >= 0.6 is 0 Å². The van der Waals surface area contributed by atoms with Crippen molar-refractivity contribution in [1.29, 1.82) is 0 Å². The summed E-state index contributed by atoms with van der Waals surface area (Å²) in [5, 5.41) is 0. The Morgan fingerprint density at radius 2 is 1.31 bits per heavy atom. The lowest BCUT2D eigenvalue weighted by Gasteiger charge is -2.13. The summed E-state index contributed by atoms with van der Waals surface area (Å²) in [6.45, 7) is 0. The topological polar surface area (TPSA) is 83.1 Å². The maximum Gasteiger partial charge on any atom is 0.265 e. The van der Waals surface area contributed by atoms with Gasteiger partial charge in [-0.15, -0.1) is 0 Å². The highest BCUT2D eigenvalue weighted by Crippen LogP contribution is 2.33. The lowest BCUT2D eigenvalue weighted by molar-refractivity contribution is 0.379. The van der Waals surface area contributed by atoms with Gasteiger partial charge in [-0.1, -0.05) is 12.1 Å². The predicted molar refractivity (Wildman–Crippen MR) is 110 cm³/mol. The molecule has 0 saturated heterocycles. The van der Waals surface area contributed by atoms with Gasteiger partial charge in [0.25, 0.3) is 10.0 Å². The fourth-order valence-corrected chi connectivity index (χ4v) is 3.87. The lowest BCUT2D eigenvalue weighted by atomic mass is 10.3. The van der Waals surface area contributed by atoms with E-state index in [4.69, 9.17) is 18.9 Å². The van der Waals surface area contributed by atoms with Crippen molar-refractivity contribution >= 4 is 15.7 Å². The lowest BCUT2D eigenvalue weighted by Crippen LogP contribution is -2.14. The van der Waals surface area contributed by atoms with E-state index in [2.05, 4.69) is 4.72 Å². The second-order valence-electron chi connectivity index (χ2n) is 5.90. The molecule has 29 heavy (non-hydrogen) atoms. The van der Waals surface area contributed by atoms with E-state index in [1.807, 2.05) is 12.1 Å². The van der Waals surface area contributed by atoms with Crippen molar-refractivity contribution in [2.24, 2.45) is 0 Å². The highest BCUT2D eigenvalue weighted by molar-refractivity contribution is 7.92. The summed E-state index contributed by atoms with van der Waals surface area (Å²) in [7, 11) is 0.547. The Labute approximate surface area is 169 Å². The Hall–Kier alpha value is -3.39. The van der Waals surface area contributed by atoms with E-state index < -0.39 is 10.0 Å². The number of anilines is 1. The van der Waals surface area contributed by atoms with Crippen LogP contribution in [0.2, 0.25) is 0 Å². The standard InChI is InChI=1S/C21H21NO6S/c1-25-17-12-13-20(27-3)21(14-17)29(23,24)22-15-8-10-16(11-9-15)28-19-7-5-4-6-18(19)26-2/h4-14,22H,1-3H3. The molecule has 0 aliphatic carbocycles. The molecule has 3 rings (SSSR count). The molecule has 0 heterocycles. The van der Waals surface area contributed by atoms with Gasteiger partial charge >= 0.3 is 0 Å². The smallest absolute Gasteiger partial charge is 0.265 e. The number of rotatable bonds is 8. The van der Waals surface area contributed by atoms with E-state index in [9.17, 15) is 8.42 Å². The van der Waals surface area contributed by atoms with Crippen LogP contribution in [0.3, 0.4) is 0 Å². The molecule has 0 atom stereocenters. The third kappa shape index (κ3) is 4.72. The van der Waals surface area contributed by atoms with Gasteiger partial charge in [0.15, 0.2) is 11.5 Å². The van der Waals surface area contributed by atoms with Crippen molar-refractivity contribution in [2.75, 3.05) is 26.1 Å². The van der Waals surface area contributed by atoms with Crippen molar-refractivity contribution in [2.45, 2.75) is 4.90 Å². The van der Waals surface area contributed by atoms with Gasteiger partial charge in [0, 0.05) is 11.8 Å². The molecule has 0 aromatic heterocycles. The zero-order valence-corrected chi connectivity index (χ0v) is 17.0. The van der Waals surface area contributed by atoms with Crippen LogP contribution in [-0.4, -0.2) is 29.7 Å². The summed E-state index contributed by atoms with van der Waals surface area (Å²) in [5.74, 6) is 2.32. The average molecular weight is 415 g/mol. The molecule has 0 spiro atoms. The molecule has 0 aliphatic heterocycles. The van der Waals surface area contributed by atoms with Crippen LogP contribution in [0.25, 0.3) is 0 Å². The molecule has 0 fully saturated rings. The maximum absolute atomic E-state index is 12.8.